The van der Waals surface area contributed by atoms with Crippen LogP contribution in [0.2, 0.25) is 0 Å². The Bertz CT molecular complexity index is 356. The molecule has 0 radical (unpaired) electrons. The van der Waals surface area contributed by atoms with Gasteiger partial charge in [0.1, 0.15) is 0 Å². The highest BCUT2D eigenvalue weighted by molar-refractivity contribution is 9.10. The monoisotopic (exact) mass is 309 g/mol. The lowest BCUT2D eigenvalue weighted by Gasteiger charge is -2.20. The molecule has 0 heterocycles. The van der Waals surface area contributed by atoms with E-state index in [1.807, 2.05) is 0 Å². The lowest BCUT2D eigenvalue weighted by molar-refractivity contribution is 0.403. The Balaban J connectivity index is 1.82. The van der Waals surface area contributed by atoms with Crippen LogP contribution in [-0.2, 0) is 0 Å². The molecule has 18 heavy (non-hydrogen) atoms. The summed E-state index contributed by atoms with van der Waals surface area (Å²) in [5.41, 5.74) is 1.37. The molecule has 0 saturated heterocycles. The van der Waals surface area contributed by atoms with Gasteiger partial charge in [-0.3, -0.25) is 0 Å². The third kappa shape index (κ3) is 4.40. The highest BCUT2D eigenvalue weighted by Gasteiger charge is 2.13. The zero-order chi connectivity index (χ0) is 12.8. The van der Waals surface area contributed by atoms with Gasteiger partial charge in [0.25, 0.3) is 0 Å². The van der Waals surface area contributed by atoms with Gasteiger partial charge in [-0.25, -0.2) is 0 Å². The number of rotatable bonds is 4. The fourth-order valence-electron chi connectivity index (χ4n) is 2.81. The molecule has 1 saturated carbocycles. The molecular formula is C16H24BrN. The molecular weight excluding hydrogens is 286 g/mol. The van der Waals surface area contributed by atoms with Crippen LogP contribution in [0.25, 0.3) is 0 Å². The zero-order valence-corrected chi connectivity index (χ0v) is 12.9. The highest BCUT2D eigenvalue weighted by Crippen LogP contribution is 2.23. The minimum Gasteiger partial charge on any atom is -0.310 e. The summed E-state index contributed by atoms with van der Waals surface area (Å²) in [6.07, 6.45) is 8.57. The van der Waals surface area contributed by atoms with Gasteiger partial charge in [-0.1, -0.05) is 53.7 Å². The van der Waals surface area contributed by atoms with Crippen LogP contribution in [0, 0.1) is 5.92 Å². The smallest absolute Gasteiger partial charge is 0.0292 e. The van der Waals surface area contributed by atoms with E-state index in [0.717, 1.165) is 5.92 Å². The van der Waals surface area contributed by atoms with Crippen LogP contribution in [0.4, 0.5) is 0 Å². The Morgan fingerprint density at radius 2 is 1.94 bits per heavy atom. The Morgan fingerprint density at radius 1 is 1.22 bits per heavy atom. The molecule has 1 aliphatic rings. The second-order valence-corrected chi connectivity index (χ2v) is 6.46. The molecule has 2 rings (SSSR count). The van der Waals surface area contributed by atoms with E-state index in [2.05, 4.69) is 52.4 Å². The first-order valence-electron chi connectivity index (χ1n) is 7.24. The van der Waals surface area contributed by atoms with Crippen molar-refractivity contribution in [2.45, 2.75) is 51.5 Å². The molecule has 0 aromatic heterocycles. The van der Waals surface area contributed by atoms with E-state index < -0.39 is 0 Å². The van der Waals surface area contributed by atoms with Gasteiger partial charge in [0, 0.05) is 10.5 Å². The second-order valence-electron chi connectivity index (χ2n) is 5.54. The Hall–Kier alpha value is -0.340. The first-order valence-corrected chi connectivity index (χ1v) is 8.04. The zero-order valence-electron chi connectivity index (χ0n) is 11.3. The van der Waals surface area contributed by atoms with Crippen molar-refractivity contribution in [3.8, 4) is 0 Å². The molecule has 1 fully saturated rings. The number of hydrogen-bond donors (Lipinski definition) is 1. The molecule has 0 aliphatic heterocycles. The van der Waals surface area contributed by atoms with Crippen molar-refractivity contribution in [3.63, 3.8) is 0 Å². The predicted molar refractivity (Wildman–Crippen MR) is 81.8 cm³/mol. The predicted octanol–water partition coefficient (Wildman–Crippen LogP) is 5.07. The summed E-state index contributed by atoms with van der Waals surface area (Å²) in [7, 11) is 0. The van der Waals surface area contributed by atoms with Crippen molar-refractivity contribution in [2.75, 3.05) is 6.54 Å². The van der Waals surface area contributed by atoms with Crippen LogP contribution in [0.1, 0.15) is 57.1 Å². The molecule has 0 bridgehead atoms. The normalized spacial score (nSPS) is 19.4. The highest BCUT2D eigenvalue weighted by atomic mass is 79.9. The maximum absolute atomic E-state index is 3.70. The Kier molecular flexibility index (Phi) is 5.71. The standard InChI is InChI=1S/C16H24BrN/c1-13(15-9-6-10-16(17)11-15)18-12-14-7-4-2-3-5-8-14/h6,9-11,13-14,18H,2-5,7-8,12H2,1H3/t13-/m0/s1. The van der Waals surface area contributed by atoms with Gasteiger partial charge in [-0.2, -0.15) is 0 Å². The summed E-state index contributed by atoms with van der Waals surface area (Å²) in [6.45, 7) is 3.44. The van der Waals surface area contributed by atoms with Gasteiger partial charge in [-0.05, 0) is 49.9 Å². The van der Waals surface area contributed by atoms with E-state index in [0.29, 0.717) is 6.04 Å². The fourth-order valence-corrected chi connectivity index (χ4v) is 3.22. The molecule has 1 aromatic carbocycles. The molecule has 1 aromatic rings. The minimum absolute atomic E-state index is 0.450. The molecule has 0 amide bonds. The van der Waals surface area contributed by atoms with E-state index in [-0.39, 0.29) is 0 Å². The topological polar surface area (TPSA) is 12.0 Å². The van der Waals surface area contributed by atoms with Gasteiger partial charge in [0.2, 0.25) is 0 Å². The average molecular weight is 310 g/mol. The van der Waals surface area contributed by atoms with Crippen molar-refractivity contribution in [3.05, 3.63) is 34.3 Å². The molecule has 0 unspecified atom stereocenters. The lowest BCUT2D eigenvalue weighted by atomic mass is 9.99. The molecule has 1 atom stereocenters. The Morgan fingerprint density at radius 3 is 2.61 bits per heavy atom. The van der Waals surface area contributed by atoms with Crippen LogP contribution in [0.15, 0.2) is 28.7 Å². The number of hydrogen-bond acceptors (Lipinski definition) is 1. The Labute approximate surface area is 119 Å². The van der Waals surface area contributed by atoms with Crippen LogP contribution in [-0.4, -0.2) is 6.54 Å². The molecule has 100 valence electrons. The van der Waals surface area contributed by atoms with Crippen molar-refractivity contribution >= 4 is 15.9 Å². The van der Waals surface area contributed by atoms with Gasteiger partial charge in [-0.15, -0.1) is 0 Å². The van der Waals surface area contributed by atoms with Crippen LogP contribution in [0.5, 0.6) is 0 Å². The van der Waals surface area contributed by atoms with Gasteiger partial charge < -0.3 is 5.32 Å². The largest absolute Gasteiger partial charge is 0.310 e. The van der Waals surface area contributed by atoms with Crippen LogP contribution < -0.4 is 5.32 Å². The second kappa shape index (κ2) is 7.30. The third-order valence-corrected chi connectivity index (χ3v) is 4.53. The summed E-state index contributed by atoms with van der Waals surface area (Å²) < 4.78 is 1.17. The van der Waals surface area contributed by atoms with Gasteiger partial charge >= 0.3 is 0 Å². The van der Waals surface area contributed by atoms with E-state index in [9.17, 15) is 0 Å². The SMILES string of the molecule is C[C@H](NCC1CCCCCC1)c1cccc(Br)c1. The maximum Gasteiger partial charge on any atom is 0.0292 e. The van der Waals surface area contributed by atoms with Crippen molar-refractivity contribution in [2.24, 2.45) is 5.92 Å². The number of benzene rings is 1. The first-order chi connectivity index (χ1) is 8.75. The summed E-state index contributed by atoms with van der Waals surface area (Å²) in [4.78, 5) is 0. The van der Waals surface area contributed by atoms with Crippen LogP contribution >= 0.6 is 15.9 Å². The quantitative estimate of drug-likeness (QED) is 0.766. The average Bonchev–Trinajstić information content (AvgIpc) is 2.64. The van der Waals surface area contributed by atoms with Crippen molar-refractivity contribution in [1.29, 1.82) is 0 Å². The van der Waals surface area contributed by atoms with E-state index >= 15 is 0 Å². The van der Waals surface area contributed by atoms with Crippen molar-refractivity contribution < 1.29 is 0 Å². The van der Waals surface area contributed by atoms with Crippen LogP contribution in [0.3, 0.4) is 0 Å². The number of halogens is 1. The molecule has 1 aliphatic carbocycles. The first kappa shape index (κ1) is 14.1. The fraction of sp³-hybridized carbons (Fsp3) is 0.625. The third-order valence-electron chi connectivity index (χ3n) is 4.04. The molecule has 2 heteroatoms. The van der Waals surface area contributed by atoms with Gasteiger partial charge in [0.05, 0.1) is 0 Å². The minimum atomic E-state index is 0.450. The van der Waals surface area contributed by atoms with E-state index in [1.54, 1.807) is 0 Å². The summed E-state index contributed by atoms with van der Waals surface area (Å²) in [5.74, 6) is 0.891. The van der Waals surface area contributed by atoms with E-state index in [1.165, 1.54) is 55.1 Å². The van der Waals surface area contributed by atoms with Gasteiger partial charge in [0.15, 0.2) is 0 Å². The summed E-state index contributed by atoms with van der Waals surface area (Å²) in [6, 6.07) is 9.07. The van der Waals surface area contributed by atoms with E-state index in [4.69, 9.17) is 0 Å². The lowest BCUT2D eigenvalue weighted by Crippen LogP contribution is -2.25. The molecule has 1 N–H and O–H groups in total. The summed E-state index contributed by atoms with van der Waals surface area (Å²) >= 11 is 3.54. The summed E-state index contributed by atoms with van der Waals surface area (Å²) in [5, 5.41) is 3.70. The maximum atomic E-state index is 3.70. The molecule has 0 spiro atoms. The van der Waals surface area contributed by atoms with Crippen molar-refractivity contribution in [1.82, 2.24) is 5.32 Å². The number of nitrogens with one attached hydrogen (secondary N) is 1. The molecule has 1 nitrogen and oxygen atoms in total.